The molecule has 0 unspecified atom stereocenters. The van der Waals surface area contributed by atoms with Gasteiger partial charge >= 0.3 is 0 Å². The monoisotopic (exact) mass is 304 g/mol. The highest BCUT2D eigenvalue weighted by molar-refractivity contribution is 5.61. The van der Waals surface area contributed by atoms with Gasteiger partial charge in [0.2, 0.25) is 5.95 Å². The average molecular weight is 304 g/mol. The Labute approximate surface area is 132 Å². The number of hydrogen-bond acceptors (Lipinski definition) is 6. The topological polar surface area (TPSA) is 93.1 Å². The molecule has 1 saturated carbocycles. The normalized spacial score (nSPS) is 27.1. The van der Waals surface area contributed by atoms with E-state index in [-0.39, 0.29) is 11.4 Å². The summed E-state index contributed by atoms with van der Waals surface area (Å²) in [6, 6.07) is 0.672. The molecule has 1 aliphatic carbocycles. The fourth-order valence-electron chi connectivity index (χ4n) is 3.64. The van der Waals surface area contributed by atoms with E-state index in [1.54, 1.807) is 0 Å². The van der Waals surface area contributed by atoms with E-state index < -0.39 is 0 Å². The summed E-state index contributed by atoms with van der Waals surface area (Å²) in [4.78, 5) is 11.0. The van der Waals surface area contributed by atoms with E-state index in [0.29, 0.717) is 11.9 Å². The van der Waals surface area contributed by atoms with Gasteiger partial charge in [-0.25, -0.2) is 0 Å². The molecular formula is C16H28N6. The Bertz CT molecular complexity index is 552. The zero-order valence-electron chi connectivity index (χ0n) is 14.1. The SMILES string of the molecule is CN[C@H]1[C@@H]2CN(c3nc(N)nc(N)c3CCC(C)(C)C)C[C@@H]21. The van der Waals surface area contributed by atoms with Crippen LogP contribution >= 0.6 is 0 Å². The predicted molar refractivity (Wildman–Crippen MR) is 90.7 cm³/mol. The maximum Gasteiger partial charge on any atom is 0.223 e. The highest BCUT2D eigenvalue weighted by atomic mass is 15.3. The Balaban J connectivity index is 1.81. The number of aromatic nitrogens is 2. The van der Waals surface area contributed by atoms with Crippen molar-refractivity contribution >= 4 is 17.6 Å². The van der Waals surface area contributed by atoms with E-state index in [1.807, 2.05) is 7.05 Å². The first-order valence-electron chi connectivity index (χ1n) is 8.14. The van der Waals surface area contributed by atoms with Crippen molar-refractivity contribution in [3.8, 4) is 0 Å². The van der Waals surface area contributed by atoms with Crippen molar-refractivity contribution in [1.29, 1.82) is 0 Å². The summed E-state index contributed by atoms with van der Waals surface area (Å²) in [5.41, 5.74) is 13.3. The Hall–Kier alpha value is -1.56. The Kier molecular flexibility index (Phi) is 3.67. The van der Waals surface area contributed by atoms with Crippen LogP contribution in [0.5, 0.6) is 0 Å². The van der Waals surface area contributed by atoms with Crippen LogP contribution < -0.4 is 21.7 Å². The number of piperidine rings is 1. The molecule has 122 valence electrons. The smallest absolute Gasteiger partial charge is 0.223 e. The largest absolute Gasteiger partial charge is 0.383 e. The van der Waals surface area contributed by atoms with Gasteiger partial charge in [0.1, 0.15) is 11.6 Å². The second kappa shape index (κ2) is 5.26. The van der Waals surface area contributed by atoms with Crippen molar-refractivity contribution in [1.82, 2.24) is 15.3 Å². The van der Waals surface area contributed by atoms with Crippen molar-refractivity contribution in [2.75, 3.05) is 36.5 Å². The highest BCUT2D eigenvalue weighted by Gasteiger charge is 2.55. The van der Waals surface area contributed by atoms with Crippen molar-refractivity contribution in [2.24, 2.45) is 17.3 Å². The van der Waals surface area contributed by atoms with Gasteiger partial charge < -0.3 is 21.7 Å². The summed E-state index contributed by atoms with van der Waals surface area (Å²) >= 11 is 0. The zero-order valence-corrected chi connectivity index (χ0v) is 14.1. The molecular weight excluding hydrogens is 276 g/mol. The van der Waals surface area contributed by atoms with Crippen molar-refractivity contribution in [3.05, 3.63) is 5.56 Å². The fraction of sp³-hybridized carbons (Fsp3) is 0.750. The molecule has 0 amide bonds. The lowest BCUT2D eigenvalue weighted by Crippen LogP contribution is -2.31. The first-order valence-corrected chi connectivity index (χ1v) is 8.14. The Morgan fingerprint density at radius 1 is 1.18 bits per heavy atom. The molecule has 2 fully saturated rings. The summed E-state index contributed by atoms with van der Waals surface area (Å²) in [6.07, 6.45) is 1.95. The quantitative estimate of drug-likeness (QED) is 0.776. The highest BCUT2D eigenvalue weighted by Crippen LogP contribution is 2.47. The van der Waals surface area contributed by atoms with Crippen LogP contribution in [0.4, 0.5) is 17.6 Å². The molecule has 3 rings (SSSR count). The van der Waals surface area contributed by atoms with E-state index >= 15 is 0 Å². The molecule has 0 aromatic carbocycles. The molecule has 2 aliphatic rings. The van der Waals surface area contributed by atoms with Crippen LogP contribution in [0.3, 0.4) is 0 Å². The molecule has 0 bridgehead atoms. The molecule has 6 heteroatoms. The summed E-state index contributed by atoms with van der Waals surface area (Å²) in [5, 5.41) is 3.39. The van der Waals surface area contributed by atoms with Crippen LogP contribution in [-0.4, -0.2) is 36.1 Å². The van der Waals surface area contributed by atoms with Crippen LogP contribution in [-0.2, 0) is 6.42 Å². The Morgan fingerprint density at radius 2 is 1.82 bits per heavy atom. The van der Waals surface area contributed by atoms with Crippen LogP contribution in [0.15, 0.2) is 0 Å². The molecule has 0 spiro atoms. The second-order valence-corrected chi connectivity index (χ2v) is 7.88. The van der Waals surface area contributed by atoms with Gasteiger partial charge in [-0.1, -0.05) is 20.8 Å². The lowest BCUT2D eigenvalue weighted by atomic mass is 9.89. The molecule has 5 N–H and O–H groups in total. The number of hydrogen-bond donors (Lipinski definition) is 3. The average Bonchev–Trinajstić information content (AvgIpc) is 2.87. The van der Waals surface area contributed by atoms with Gasteiger partial charge in [0.25, 0.3) is 0 Å². The van der Waals surface area contributed by atoms with E-state index in [9.17, 15) is 0 Å². The minimum Gasteiger partial charge on any atom is -0.383 e. The minimum absolute atomic E-state index is 0.259. The summed E-state index contributed by atoms with van der Waals surface area (Å²) in [7, 11) is 2.04. The van der Waals surface area contributed by atoms with E-state index in [2.05, 4.69) is 41.0 Å². The van der Waals surface area contributed by atoms with E-state index in [0.717, 1.165) is 49.1 Å². The molecule has 0 radical (unpaired) electrons. The molecule has 3 atom stereocenters. The van der Waals surface area contributed by atoms with Crippen LogP contribution in [0.25, 0.3) is 0 Å². The third-order valence-corrected chi connectivity index (χ3v) is 4.99. The number of fused-ring (bicyclic) bond motifs is 1. The number of nitrogen functional groups attached to an aromatic ring is 2. The molecule has 1 saturated heterocycles. The van der Waals surface area contributed by atoms with Gasteiger partial charge in [-0.2, -0.15) is 9.97 Å². The zero-order chi connectivity index (χ0) is 16.1. The third kappa shape index (κ3) is 2.84. The number of rotatable bonds is 4. The van der Waals surface area contributed by atoms with E-state index in [1.165, 1.54) is 0 Å². The second-order valence-electron chi connectivity index (χ2n) is 7.88. The molecule has 1 aromatic heterocycles. The van der Waals surface area contributed by atoms with Gasteiger partial charge in [0.05, 0.1) is 0 Å². The Morgan fingerprint density at radius 3 is 2.36 bits per heavy atom. The molecule has 22 heavy (non-hydrogen) atoms. The van der Waals surface area contributed by atoms with Crippen LogP contribution in [0, 0.1) is 17.3 Å². The predicted octanol–water partition coefficient (Wildman–Crippen LogP) is 1.27. The van der Waals surface area contributed by atoms with Gasteiger partial charge in [-0.15, -0.1) is 0 Å². The fourth-order valence-corrected chi connectivity index (χ4v) is 3.64. The lowest BCUT2D eigenvalue weighted by molar-refractivity contribution is 0.378. The summed E-state index contributed by atoms with van der Waals surface area (Å²) in [6.45, 7) is 8.79. The van der Waals surface area contributed by atoms with Crippen LogP contribution in [0.2, 0.25) is 0 Å². The van der Waals surface area contributed by atoms with Gasteiger partial charge in [0.15, 0.2) is 0 Å². The van der Waals surface area contributed by atoms with E-state index in [4.69, 9.17) is 11.5 Å². The number of nitrogens with two attached hydrogens (primary N) is 2. The van der Waals surface area contributed by atoms with Crippen molar-refractivity contribution in [3.63, 3.8) is 0 Å². The first kappa shape index (κ1) is 15.3. The molecule has 1 aliphatic heterocycles. The maximum atomic E-state index is 6.15. The van der Waals surface area contributed by atoms with Gasteiger partial charge in [-0.3, -0.25) is 0 Å². The lowest BCUT2D eigenvalue weighted by Gasteiger charge is -2.26. The van der Waals surface area contributed by atoms with Crippen molar-refractivity contribution in [2.45, 2.75) is 39.7 Å². The third-order valence-electron chi connectivity index (χ3n) is 4.99. The number of nitrogens with one attached hydrogen (secondary N) is 1. The minimum atomic E-state index is 0.259. The summed E-state index contributed by atoms with van der Waals surface area (Å²) < 4.78 is 0. The number of nitrogens with zero attached hydrogens (tertiary/aromatic N) is 3. The maximum absolute atomic E-state index is 6.15. The molecule has 2 heterocycles. The number of anilines is 3. The van der Waals surface area contributed by atoms with Gasteiger partial charge in [0, 0.05) is 24.7 Å². The molecule has 6 nitrogen and oxygen atoms in total. The first-order chi connectivity index (χ1) is 10.3. The van der Waals surface area contributed by atoms with Crippen LogP contribution in [0.1, 0.15) is 32.8 Å². The standard InChI is InChI=1S/C16H28N6/c1-16(2,3)6-5-9-13(17)20-15(18)21-14(9)22-7-10-11(8-22)12(10)19-4/h10-12,19H,5-8H2,1-4H3,(H4,17,18,20,21)/t10-,11+,12+. The molecule has 1 aromatic rings. The van der Waals surface area contributed by atoms with Crippen molar-refractivity contribution < 1.29 is 0 Å². The summed E-state index contributed by atoms with van der Waals surface area (Å²) in [5.74, 6) is 3.24. The van der Waals surface area contributed by atoms with Gasteiger partial charge in [-0.05, 0) is 37.1 Å².